The van der Waals surface area contributed by atoms with Gasteiger partial charge in [-0.1, -0.05) is 0 Å². The van der Waals surface area contributed by atoms with Gasteiger partial charge in [0.1, 0.15) is 18.5 Å². The van der Waals surface area contributed by atoms with Gasteiger partial charge in [0.25, 0.3) is 5.85 Å². The molecule has 0 fully saturated rings. The molecular weight excluding hydrogens is 496 g/mol. The number of rotatable bonds is 12. The molecule has 0 aliphatic rings. The van der Waals surface area contributed by atoms with Crippen LogP contribution in [0, 0.1) is 0 Å². The summed E-state index contributed by atoms with van der Waals surface area (Å²) in [5.74, 6) is -3.54. The standard InChI is InChI=1S/C10H20FN4O13P3/c1-6(16)10(11,26-8(4-12)15-3-2-7(13)14-9(15)17)5-25-30(21,22)28-31(23,24)27-29(18,19)20/h2-3,6,8,16H,4-5,12H2,1H3,(H,21,22)(H,23,24)(H2,13,14,17)(H2,18,19,20)/t6-,8+,10+/m0/s1. The fourth-order valence-electron chi connectivity index (χ4n) is 1.82. The van der Waals surface area contributed by atoms with Crippen LogP contribution in [0.15, 0.2) is 17.1 Å². The van der Waals surface area contributed by atoms with Crippen LogP contribution in [0.25, 0.3) is 0 Å². The topological polar surface area (TPSA) is 276 Å². The number of aliphatic hydroxyl groups excluding tert-OH is 1. The van der Waals surface area contributed by atoms with Gasteiger partial charge in [-0.15, -0.1) is 0 Å². The molecule has 1 heterocycles. The summed E-state index contributed by atoms with van der Waals surface area (Å²) in [4.78, 5) is 50.6. The van der Waals surface area contributed by atoms with E-state index in [1.165, 1.54) is 0 Å². The number of phosphoric ester groups is 1. The Kier molecular flexibility index (Phi) is 9.22. The minimum absolute atomic E-state index is 0.174. The molecule has 0 saturated carbocycles. The van der Waals surface area contributed by atoms with Crippen molar-refractivity contribution in [2.24, 2.45) is 5.73 Å². The minimum atomic E-state index is -5.85. The second-order valence-electron chi connectivity index (χ2n) is 5.68. The normalized spacial score (nSPS) is 20.3. The van der Waals surface area contributed by atoms with Crippen molar-refractivity contribution in [2.45, 2.75) is 25.1 Å². The van der Waals surface area contributed by atoms with E-state index in [1.54, 1.807) is 0 Å². The number of alkyl halides is 1. The molecule has 9 N–H and O–H groups in total. The third-order valence-electron chi connectivity index (χ3n) is 3.16. The Morgan fingerprint density at radius 3 is 2.26 bits per heavy atom. The van der Waals surface area contributed by atoms with Crippen LogP contribution in [0.4, 0.5) is 10.2 Å². The zero-order valence-corrected chi connectivity index (χ0v) is 18.2. The van der Waals surface area contributed by atoms with Gasteiger partial charge in [0.2, 0.25) is 0 Å². The fraction of sp³-hybridized carbons (Fsp3) is 0.600. The van der Waals surface area contributed by atoms with E-state index in [0.717, 1.165) is 19.2 Å². The highest BCUT2D eigenvalue weighted by Gasteiger charge is 2.46. The molecule has 1 rings (SSSR count). The molecule has 0 aliphatic carbocycles. The summed E-state index contributed by atoms with van der Waals surface area (Å²) in [5.41, 5.74) is 9.73. The van der Waals surface area contributed by atoms with Crippen molar-refractivity contribution in [3.8, 4) is 0 Å². The van der Waals surface area contributed by atoms with Crippen LogP contribution in [0.1, 0.15) is 13.2 Å². The van der Waals surface area contributed by atoms with Gasteiger partial charge in [0.05, 0.1) is 0 Å². The highest BCUT2D eigenvalue weighted by molar-refractivity contribution is 7.66. The smallest absolute Gasteiger partial charge is 0.387 e. The Bertz CT molecular complexity index is 969. The molecule has 1 aromatic rings. The number of hydrogen-bond acceptors (Lipinski definition) is 12. The quantitative estimate of drug-likeness (QED) is 0.159. The summed E-state index contributed by atoms with van der Waals surface area (Å²) in [7, 11) is -17.2. The highest BCUT2D eigenvalue weighted by Crippen LogP contribution is 2.66. The van der Waals surface area contributed by atoms with E-state index in [4.69, 9.17) is 30.9 Å². The lowest BCUT2D eigenvalue weighted by Crippen LogP contribution is -2.47. The van der Waals surface area contributed by atoms with Gasteiger partial charge in [0, 0.05) is 12.7 Å². The Morgan fingerprint density at radius 1 is 1.23 bits per heavy atom. The Labute approximate surface area is 172 Å². The number of phosphoric acid groups is 3. The summed E-state index contributed by atoms with van der Waals surface area (Å²) in [6, 6.07) is 1.14. The number of aromatic nitrogens is 2. The van der Waals surface area contributed by atoms with Crippen molar-refractivity contribution in [1.29, 1.82) is 0 Å². The highest BCUT2D eigenvalue weighted by atomic mass is 31.3. The van der Waals surface area contributed by atoms with Crippen LogP contribution in [-0.2, 0) is 31.6 Å². The predicted octanol–water partition coefficient (Wildman–Crippen LogP) is -1.31. The van der Waals surface area contributed by atoms with Crippen LogP contribution < -0.4 is 17.2 Å². The number of halogens is 1. The van der Waals surface area contributed by atoms with Crippen LogP contribution in [-0.4, -0.2) is 59.3 Å². The maximum Gasteiger partial charge on any atom is 0.490 e. The fourth-order valence-corrected chi connectivity index (χ4v) is 4.85. The lowest BCUT2D eigenvalue weighted by atomic mass is 10.2. The molecule has 0 spiro atoms. The number of aliphatic hydroxyl groups is 1. The van der Waals surface area contributed by atoms with Crippen LogP contribution in [0.3, 0.4) is 0 Å². The van der Waals surface area contributed by atoms with Crippen molar-refractivity contribution in [3.05, 3.63) is 22.7 Å². The van der Waals surface area contributed by atoms with Crippen LogP contribution >= 0.6 is 23.5 Å². The summed E-state index contributed by atoms with van der Waals surface area (Å²) in [5, 5.41) is 9.67. The van der Waals surface area contributed by atoms with E-state index in [9.17, 15) is 28.5 Å². The summed E-state index contributed by atoms with van der Waals surface area (Å²) >= 11 is 0. The lowest BCUT2D eigenvalue weighted by Gasteiger charge is -2.32. The number of ether oxygens (including phenoxy) is 1. The Hall–Kier alpha value is -1.10. The van der Waals surface area contributed by atoms with E-state index in [1.807, 2.05) is 0 Å². The molecule has 0 aromatic carbocycles. The van der Waals surface area contributed by atoms with Crippen LogP contribution in [0.5, 0.6) is 0 Å². The minimum Gasteiger partial charge on any atom is -0.387 e. The monoisotopic (exact) mass is 516 g/mol. The lowest BCUT2D eigenvalue weighted by molar-refractivity contribution is -0.256. The molecule has 0 aliphatic heterocycles. The van der Waals surface area contributed by atoms with E-state index < -0.39 is 60.5 Å². The molecule has 21 heteroatoms. The molecular formula is C10H20FN4O13P3. The molecule has 180 valence electrons. The van der Waals surface area contributed by atoms with Gasteiger partial charge in [-0.2, -0.15) is 13.6 Å². The first-order valence-electron chi connectivity index (χ1n) is 7.77. The van der Waals surface area contributed by atoms with Gasteiger partial charge in [0.15, 0.2) is 6.23 Å². The average molecular weight is 516 g/mol. The van der Waals surface area contributed by atoms with Crippen molar-refractivity contribution >= 4 is 29.3 Å². The summed E-state index contributed by atoms with van der Waals surface area (Å²) in [6.07, 6.45) is -2.71. The third-order valence-corrected chi connectivity index (χ3v) is 6.94. The van der Waals surface area contributed by atoms with Crippen molar-refractivity contribution in [3.63, 3.8) is 0 Å². The summed E-state index contributed by atoms with van der Waals surface area (Å²) < 4.78 is 65.4. The second kappa shape index (κ2) is 10.2. The number of nitrogens with zero attached hydrogens (tertiary/aromatic N) is 2. The molecule has 5 atom stereocenters. The van der Waals surface area contributed by atoms with Crippen molar-refractivity contribution in [2.75, 3.05) is 18.9 Å². The second-order valence-corrected chi connectivity index (χ2v) is 10.1. The predicted molar refractivity (Wildman–Crippen MR) is 97.4 cm³/mol. The zero-order chi connectivity index (χ0) is 24.3. The van der Waals surface area contributed by atoms with Crippen molar-refractivity contribution in [1.82, 2.24) is 9.55 Å². The molecule has 0 bridgehead atoms. The van der Waals surface area contributed by atoms with E-state index >= 15 is 4.39 Å². The molecule has 0 radical (unpaired) electrons. The number of hydrogen-bond donors (Lipinski definition) is 7. The molecule has 1 aromatic heterocycles. The Balaban J connectivity index is 3.01. The third kappa shape index (κ3) is 9.11. The van der Waals surface area contributed by atoms with Gasteiger partial charge in [-0.3, -0.25) is 9.09 Å². The van der Waals surface area contributed by atoms with Crippen molar-refractivity contribution < 1.29 is 60.6 Å². The SMILES string of the molecule is C[C@H](O)[C@@](F)(COP(=O)(O)OP(=O)(O)OP(=O)(O)O)O[C@H](CN)n1ccc(N)nc1=O. The summed E-state index contributed by atoms with van der Waals surface area (Å²) in [6.45, 7) is -1.40. The first-order valence-corrected chi connectivity index (χ1v) is 12.3. The van der Waals surface area contributed by atoms with Crippen LogP contribution in [0.2, 0.25) is 0 Å². The molecule has 2 unspecified atom stereocenters. The van der Waals surface area contributed by atoms with E-state index in [-0.39, 0.29) is 5.82 Å². The van der Waals surface area contributed by atoms with Gasteiger partial charge >= 0.3 is 29.2 Å². The molecule has 0 amide bonds. The maximum atomic E-state index is 15.1. The molecule has 0 saturated heterocycles. The largest absolute Gasteiger partial charge is 0.490 e. The zero-order valence-electron chi connectivity index (χ0n) is 15.5. The number of anilines is 1. The molecule has 31 heavy (non-hydrogen) atoms. The maximum absolute atomic E-state index is 15.1. The van der Waals surface area contributed by atoms with E-state index in [2.05, 4.69) is 18.1 Å². The number of nitrogens with two attached hydrogens (primary N) is 2. The average Bonchev–Trinajstić information content (AvgIpc) is 2.55. The first kappa shape index (κ1) is 27.9. The number of nitrogen functional groups attached to an aromatic ring is 1. The Morgan fingerprint density at radius 2 is 1.81 bits per heavy atom. The van der Waals surface area contributed by atoms with Gasteiger partial charge in [-0.25, -0.2) is 22.9 Å². The van der Waals surface area contributed by atoms with Gasteiger partial charge in [-0.05, 0) is 13.0 Å². The van der Waals surface area contributed by atoms with Gasteiger partial charge < -0.3 is 40.9 Å². The first-order chi connectivity index (χ1) is 13.9. The molecule has 17 nitrogen and oxygen atoms in total. The van der Waals surface area contributed by atoms with E-state index in [0.29, 0.717) is 4.57 Å².